The van der Waals surface area contributed by atoms with E-state index in [2.05, 4.69) is 0 Å². The molecule has 0 N–H and O–H groups in total. The summed E-state index contributed by atoms with van der Waals surface area (Å²) in [6.45, 7) is 2.71. The van der Waals surface area contributed by atoms with Crippen LogP contribution in [0.2, 0.25) is 5.02 Å². The highest BCUT2D eigenvalue weighted by atomic mass is 35.5. The molecule has 2 aromatic carbocycles. The fourth-order valence-electron chi connectivity index (χ4n) is 2.71. The number of hydrogen-bond donors (Lipinski definition) is 0. The molecule has 110 valence electrons. The van der Waals surface area contributed by atoms with E-state index in [0.29, 0.717) is 11.6 Å². The first-order valence-corrected chi connectivity index (χ1v) is 7.65. The Morgan fingerprint density at radius 1 is 1.19 bits per heavy atom. The number of benzene rings is 2. The molecule has 0 amide bonds. The molecule has 0 spiro atoms. The molecule has 3 rings (SSSR count). The fourth-order valence-corrected chi connectivity index (χ4v) is 3.29. The molecular formula is C17H16Cl2O2. The molecule has 0 saturated carbocycles. The van der Waals surface area contributed by atoms with Crippen LogP contribution in [0.1, 0.15) is 27.6 Å². The molecule has 0 bridgehead atoms. The van der Waals surface area contributed by atoms with E-state index >= 15 is 0 Å². The first-order valence-electron chi connectivity index (χ1n) is 6.84. The average Bonchev–Trinajstić information content (AvgIpc) is 2.93. The summed E-state index contributed by atoms with van der Waals surface area (Å²) in [6.07, 6.45) is 0.872. The van der Waals surface area contributed by atoms with Gasteiger partial charge in [0, 0.05) is 22.6 Å². The maximum absolute atomic E-state index is 6.72. The number of halogens is 2. The number of fused-ring (bicyclic) bond motifs is 1. The Kier molecular flexibility index (Phi) is 4.01. The summed E-state index contributed by atoms with van der Waals surface area (Å²) >= 11 is 12.9. The van der Waals surface area contributed by atoms with E-state index < -0.39 is 0 Å². The summed E-state index contributed by atoms with van der Waals surface area (Å²) in [5.74, 6) is 1.63. The van der Waals surface area contributed by atoms with Gasteiger partial charge in [-0.15, -0.1) is 11.6 Å². The van der Waals surface area contributed by atoms with Crippen LogP contribution in [0.3, 0.4) is 0 Å². The quantitative estimate of drug-likeness (QED) is 0.747. The van der Waals surface area contributed by atoms with Gasteiger partial charge in [-0.05, 0) is 30.7 Å². The molecule has 0 aromatic heterocycles. The van der Waals surface area contributed by atoms with Crippen molar-refractivity contribution in [2.45, 2.75) is 18.7 Å². The SMILES string of the molecule is COc1ccc(C)cc1C(Cl)c1cc(Cl)cc2c1OCC2. The van der Waals surface area contributed by atoms with Crippen LogP contribution < -0.4 is 9.47 Å². The molecule has 1 unspecified atom stereocenters. The van der Waals surface area contributed by atoms with Crippen LogP contribution in [0.25, 0.3) is 0 Å². The van der Waals surface area contributed by atoms with Gasteiger partial charge in [0.25, 0.3) is 0 Å². The van der Waals surface area contributed by atoms with Crippen molar-refractivity contribution in [2.75, 3.05) is 13.7 Å². The lowest BCUT2D eigenvalue weighted by atomic mass is 9.98. The number of methoxy groups -OCH3 is 1. The number of ether oxygens (including phenoxy) is 2. The minimum Gasteiger partial charge on any atom is -0.496 e. The van der Waals surface area contributed by atoms with Crippen molar-refractivity contribution in [1.82, 2.24) is 0 Å². The van der Waals surface area contributed by atoms with Crippen molar-refractivity contribution >= 4 is 23.2 Å². The lowest BCUT2D eigenvalue weighted by Crippen LogP contribution is -2.00. The topological polar surface area (TPSA) is 18.5 Å². The molecule has 0 radical (unpaired) electrons. The summed E-state index contributed by atoms with van der Waals surface area (Å²) in [4.78, 5) is 0. The van der Waals surface area contributed by atoms with Crippen molar-refractivity contribution in [3.63, 3.8) is 0 Å². The van der Waals surface area contributed by atoms with Gasteiger partial charge in [-0.1, -0.05) is 29.3 Å². The van der Waals surface area contributed by atoms with Crippen molar-refractivity contribution in [2.24, 2.45) is 0 Å². The first kappa shape index (κ1) is 14.6. The Balaban J connectivity index is 2.11. The number of hydrogen-bond acceptors (Lipinski definition) is 2. The predicted molar refractivity (Wildman–Crippen MR) is 86.1 cm³/mol. The molecule has 2 nitrogen and oxygen atoms in total. The standard InChI is InChI=1S/C17H16Cl2O2/c1-10-3-4-15(20-2)13(7-10)16(19)14-9-12(18)8-11-5-6-21-17(11)14/h3-4,7-9,16H,5-6H2,1-2H3. The highest BCUT2D eigenvalue weighted by molar-refractivity contribution is 6.31. The molecule has 0 fully saturated rings. The molecule has 1 heterocycles. The van der Waals surface area contributed by atoms with Crippen LogP contribution in [0, 0.1) is 6.92 Å². The largest absolute Gasteiger partial charge is 0.496 e. The van der Waals surface area contributed by atoms with Crippen LogP contribution in [-0.4, -0.2) is 13.7 Å². The Bertz CT molecular complexity index is 683. The third kappa shape index (κ3) is 2.70. The van der Waals surface area contributed by atoms with Gasteiger partial charge in [0.15, 0.2) is 0 Å². The second-order valence-electron chi connectivity index (χ2n) is 5.19. The van der Waals surface area contributed by atoms with Gasteiger partial charge in [-0.3, -0.25) is 0 Å². The number of alkyl halides is 1. The average molecular weight is 323 g/mol. The van der Waals surface area contributed by atoms with Gasteiger partial charge in [-0.2, -0.15) is 0 Å². The normalized spacial score (nSPS) is 14.5. The van der Waals surface area contributed by atoms with Crippen molar-refractivity contribution in [3.05, 3.63) is 57.6 Å². The molecule has 2 aromatic rings. The zero-order valence-corrected chi connectivity index (χ0v) is 13.5. The van der Waals surface area contributed by atoms with Crippen molar-refractivity contribution < 1.29 is 9.47 Å². The maximum atomic E-state index is 6.72. The first-order chi connectivity index (χ1) is 10.1. The van der Waals surface area contributed by atoms with Crippen LogP contribution >= 0.6 is 23.2 Å². The highest BCUT2D eigenvalue weighted by Gasteiger charge is 2.25. The summed E-state index contributed by atoms with van der Waals surface area (Å²) in [5, 5.41) is 0.330. The molecule has 4 heteroatoms. The van der Waals surface area contributed by atoms with E-state index in [-0.39, 0.29) is 5.38 Å². The Labute approximate surface area is 134 Å². The zero-order chi connectivity index (χ0) is 15.0. The third-order valence-electron chi connectivity index (χ3n) is 3.71. The number of rotatable bonds is 3. The summed E-state index contributed by atoms with van der Waals surface area (Å²) < 4.78 is 11.2. The molecule has 0 saturated heterocycles. The van der Waals surface area contributed by atoms with E-state index in [4.69, 9.17) is 32.7 Å². The second kappa shape index (κ2) is 5.78. The predicted octanol–water partition coefficient (Wildman–Crippen LogP) is 4.92. The van der Waals surface area contributed by atoms with Gasteiger partial charge in [-0.25, -0.2) is 0 Å². The maximum Gasteiger partial charge on any atom is 0.127 e. The van der Waals surface area contributed by atoms with E-state index in [1.165, 1.54) is 0 Å². The molecule has 21 heavy (non-hydrogen) atoms. The molecular weight excluding hydrogens is 307 g/mol. The zero-order valence-electron chi connectivity index (χ0n) is 12.0. The Morgan fingerprint density at radius 2 is 2.00 bits per heavy atom. The van der Waals surface area contributed by atoms with E-state index in [9.17, 15) is 0 Å². The van der Waals surface area contributed by atoms with E-state index in [1.807, 2.05) is 37.3 Å². The minimum absolute atomic E-state index is 0.356. The minimum atomic E-state index is -0.356. The molecule has 1 aliphatic heterocycles. The molecule has 1 atom stereocenters. The summed E-state index contributed by atoms with van der Waals surface area (Å²) in [7, 11) is 1.65. The Hall–Kier alpha value is -1.38. The van der Waals surface area contributed by atoms with Gasteiger partial charge >= 0.3 is 0 Å². The van der Waals surface area contributed by atoms with Gasteiger partial charge in [0.05, 0.1) is 19.1 Å². The monoisotopic (exact) mass is 322 g/mol. The number of aryl methyl sites for hydroxylation is 1. The van der Waals surface area contributed by atoms with Crippen LogP contribution in [0.4, 0.5) is 0 Å². The van der Waals surface area contributed by atoms with E-state index in [1.54, 1.807) is 7.11 Å². The lowest BCUT2D eigenvalue weighted by Gasteiger charge is -2.18. The lowest BCUT2D eigenvalue weighted by molar-refractivity contribution is 0.353. The molecule has 1 aliphatic rings. The van der Waals surface area contributed by atoms with Crippen molar-refractivity contribution in [3.8, 4) is 11.5 Å². The van der Waals surface area contributed by atoms with Crippen LogP contribution in [0.5, 0.6) is 11.5 Å². The summed E-state index contributed by atoms with van der Waals surface area (Å²) in [6, 6.07) is 9.81. The van der Waals surface area contributed by atoms with Gasteiger partial charge in [0.2, 0.25) is 0 Å². The van der Waals surface area contributed by atoms with Gasteiger partial charge < -0.3 is 9.47 Å². The fraction of sp³-hybridized carbons (Fsp3) is 0.294. The van der Waals surface area contributed by atoms with Gasteiger partial charge in [0.1, 0.15) is 11.5 Å². The highest BCUT2D eigenvalue weighted by Crippen LogP contribution is 2.43. The molecule has 0 aliphatic carbocycles. The Morgan fingerprint density at radius 3 is 2.76 bits per heavy atom. The van der Waals surface area contributed by atoms with E-state index in [0.717, 1.165) is 40.2 Å². The summed E-state index contributed by atoms with van der Waals surface area (Å²) in [5.41, 5.74) is 4.09. The van der Waals surface area contributed by atoms with Crippen molar-refractivity contribution in [1.29, 1.82) is 0 Å². The third-order valence-corrected chi connectivity index (χ3v) is 4.40. The van der Waals surface area contributed by atoms with Crippen LogP contribution in [0.15, 0.2) is 30.3 Å². The van der Waals surface area contributed by atoms with Crippen LogP contribution in [-0.2, 0) is 6.42 Å². The second-order valence-corrected chi connectivity index (χ2v) is 6.06. The smallest absolute Gasteiger partial charge is 0.127 e.